The molecule has 3 heterocycles. The Labute approximate surface area is 116 Å². The van der Waals surface area contributed by atoms with Crippen LogP contribution in [-0.4, -0.2) is 36.2 Å². The normalized spacial score (nSPS) is 23.8. The van der Waals surface area contributed by atoms with E-state index in [4.69, 9.17) is 9.72 Å². The maximum absolute atomic E-state index is 5.55. The molecule has 104 valence electrons. The maximum atomic E-state index is 5.55. The van der Waals surface area contributed by atoms with Crippen LogP contribution in [0.2, 0.25) is 0 Å². The first kappa shape index (κ1) is 13.1. The molecule has 3 rings (SSSR count). The van der Waals surface area contributed by atoms with E-state index in [1.807, 2.05) is 0 Å². The van der Waals surface area contributed by atoms with E-state index in [1.165, 1.54) is 36.5 Å². The van der Waals surface area contributed by atoms with Crippen LogP contribution in [0.25, 0.3) is 0 Å². The molecule has 3 heteroatoms. The molecule has 2 aliphatic heterocycles. The zero-order valence-electron chi connectivity index (χ0n) is 12.1. The molecule has 0 aliphatic carbocycles. The standard InChI is InChI=1S/C16H24N2O/c1-12(2)15-5-4-14(13-6-9-19-11-13)16(17-15)10-18-7-3-8-18/h4-5,12-13H,3,6-11H2,1-2H3/t13-/m0/s1. The molecule has 0 spiro atoms. The lowest BCUT2D eigenvalue weighted by atomic mass is 9.94. The quantitative estimate of drug-likeness (QED) is 0.832. The van der Waals surface area contributed by atoms with Gasteiger partial charge in [0.25, 0.3) is 0 Å². The van der Waals surface area contributed by atoms with Gasteiger partial charge in [-0.25, -0.2) is 0 Å². The summed E-state index contributed by atoms with van der Waals surface area (Å²) in [6, 6.07) is 4.51. The molecule has 2 fully saturated rings. The van der Waals surface area contributed by atoms with Crippen LogP contribution in [0.4, 0.5) is 0 Å². The lowest BCUT2D eigenvalue weighted by Crippen LogP contribution is -2.37. The second-order valence-electron chi connectivity index (χ2n) is 6.12. The number of rotatable bonds is 4. The lowest BCUT2D eigenvalue weighted by molar-refractivity contribution is 0.169. The van der Waals surface area contributed by atoms with Crippen LogP contribution in [0.1, 0.15) is 55.5 Å². The van der Waals surface area contributed by atoms with Gasteiger partial charge in [0.1, 0.15) is 0 Å². The monoisotopic (exact) mass is 260 g/mol. The zero-order chi connectivity index (χ0) is 13.2. The van der Waals surface area contributed by atoms with Gasteiger partial charge in [-0.05, 0) is 43.5 Å². The zero-order valence-corrected chi connectivity index (χ0v) is 12.1. The third kappa shape index (κ3) is 2.82. The van der Waals surface area contributed by atoms with Crippen molar-refractivity contribution < 1.29 is 4.74 Å². The summed E-state index contributed by atoms with van der Waals surface area (Å²) < 4.78 is 5.55. The number of aromatic nitrogens is 1. The number of ether oxygens (including phenoxy) is 1. The minimum absolute atomic E-state index is 0.504. The first-order valence-electron chi connectivity index (χ1n) is 7.54. The Morgan fingerprint density at radius 1 is 1.37 bits per heavy atom. The Balaban J connectivity index is 1.87. The molecule has 0 saturated carbocycles. The van der Waals surface area contributed by atoms with Crippen LogP contribution in [-0.2, 0) is 11.3 Å². The van der Waals surface area contributed by atoms with Crippen LogP contribution in [0.15, 0.2) is 12.1 Å². The summed E-state index contributed by atoms with van der Waals surface area (Å²) in [4.78, 5) is 7.43. The smallest absolute Gasteiger partial charge is 0.0583 e. The van der Waals surface area contributed by atoms with Gasteiger partial charge in [0.15, 0.2) is 0 Å². The molecular formula is C16H24N2O. The van der Waals surface area contributed by atoms with Gasteiger partial charge in [0, 0.05) is 24.8 Å². The van der Waals surface area contributed by atoms with E-state index >= 15 is 0 Å². The molecule has 0 unspecified atom stereocenters. The Morgan fingerprint density at radius 2 is 2.21 bits per heavy atom. The largest absolute Gasteiger partial charge is 0.381 e. The minimum Gasteiger partial charge on any atom is -0.381 e. The minimum atomic E-state index is 0.504. The lowest BCUT2D eigenvalue weighted by Gasteiger charge is -2.31. The van der Waals surface area contributed by atoms with Crippen molar-refractivity contribution in [1.82, 2.24) is 9.88 Å². The van der Waals surface area contributed by atoms with Crippen molar-refractivity contribution in [3.8, 4) is 0 Å². The second kappa shape index (κ2) is 5.59. The van der Waals surface area contributed by atoms with E-state index in [9.17, 15) is 0 Å². The molecule has 19 heavy (non-hydrogen) atoms. The molecule has 3 nitrogen and oxygen atoms in total. The van der Waals surface area contributed by atoms with Crippen molar-refractivity contribution in [3.63, 3.8) is 0 Å². The Hall–Kier alpha value is -0.930. The number of nitrogens with zero attached hydrogens (tertiary/aromatic N) is 2. The molecule has 1 atom stereocenters. The molecule has 0 N–H and O–H groups in total. The summed E-state index contributed by atoms with van der Waals surface area (Å²) in [5.41, 5.74) is 3.94. The van der Waals surface area contributed by atoms with Gasteiger partial charge in [-0.3, -0.25) is 9.88 Å². The number of likely N-dealkylation sites (tertiary alicyclic amines) is 1. The third-order valence-electron chi connectivity index (χ3n) is 4.31. The summed E-state index contributed by atoms with van der Waals surface area (Å²) >= 11 is 0. The highest BCUT2D eigenvalue weighted by atomic mass is 16.5. The molecule has 2 aliphatic rings. The predicted molar refractivity (Wildman–Crippen MR) is 76.4 cm³/mol. The fraction of sp³-hybridized carbons (Fsp3) is 0.688. The fourth-order valence-corrected chi connectivity index (χ4v) is 2.88. The van der Waals surface area contributed by atoms with Crippen LogP contribution >= 0.6 is 0 Å². The molecule has 1 aromatic rings. The van der Waals surface area contributed by atoms with Gasteiger partial charge in [-0.1, -0.05) is 19.9 Å². The van der Waals surface area contributed by atoms with Crippen LogP contribution < -0.4 is 0 Å². The average Bonchev–Trinajstić information content (AvgIpc) is 2.87. The van der Waals surface area contributed by atoms with E-state index in [0.717, 1.165) is 26.2 Å². The highest BCUT2D eigenvalue weighted by molar-refractivity contribution is 5.29. The van der Waals surface area contributed by atoms with Gasteiger partial charge in [0.05, 0.1) is 12.3 Å². The van der Waals surface area contributed by atoms with Gasteiger partial charge < -0.3 is 4.74 Å². The van der Waals surface area contributed by atoms with Crippen LogP contribution in [0.3, 0.4) is 0 Å². The molecule has 0 aromatic carbocycles. The summed E-state index contributed by atoms with van der Waals surface area (Å²) in [5, 5.41) is 0. The first-order valence-corrected chi connectivity index (χ1v) is 7.54. The van der Waals surface area contributed by atoms with Crippen molar-refractivity contribution in [3.05, 3.63) is 29.1 Å². The van der Waals surface area contributed by atoms with Crippen LogP contribution in [0, 0.1) is 0 Å². The number of hydrogen-bond acceptors (Lipinski definition) is 3. The summed E-state index contributed by atoms with van der Waals surface area (Å²) in [7, 11) is 0. The van der Waals surface area contributed by atoms with E-state index in [-0.39, 0.29) is 0 Å². The van der Waals surface area contributed by atoms with Crippen molar-refractivity contribution in [2.75, 3.05) is 26.3 Å². The Kier molecular flexibility index (Phi) is 3.85. The molecule has 0 radical (unpaired) electrons. The maximum Gasteiger partial charge on any atom is 0.0583 e. The van der Waals surface area contributed by atoms with Crippen molar-refractivity contribution in [2.24, 2.45) is 0 Å². The summed E-state index contributed by atoms with van der Waals surface area (Å²) in [6.45, 7) is 9.69. The second-order valence-corrected chi connectivity index (χ2v) is 6.12. The third-order valence-corrected chi connectivity index (χ3v) is 4.31. The van der Waals surface area contributed by atoms with Crippen molar-refractivity contribution in [1.29, 1.82) is 0 Å². The van der Waals surface area contributed by atoms with Crippen molar-refractivity contribution >= 4 is 0 Å². The fourth-order valence-electron chi connectivity index (χ4n) is 2.88. The molecule has 1 aromatic heterocycles. The van der Waals surface area contributed by atoms with Gasteiger partial charge in [-0.15, -0.1) is 0 Å². The average molecular weight is 260 g/mol. The molecule has 0 amide bonds. The van der Waals surface area contributed by atoms with E-state index in [2.05, 4.69) is 30.9 Å². The van der Waals surface area contributed by atoms with E-state index in [1.54, 1.807) is 0 Å². The van der Waals surface area contributed by atoms with E-state index < -0.39 is 0 Å². The Morgan fingerprint density at radius 3 is 2.79 bits per heavy atom. The Bertz CT molecular complexity index is 434. The van der Waals surface area contributed by atoms with E-state index in [0.29, 0.717) is 11.8 Å². The van der Waals surface area contributed by atoms with Crippen molar-refractivity contribution in [2.45, 2.75) is 45.1 Å². The van der Waals surface area contributed by atoms with Gasteiger partial charge >= 0.3 is 0 Å². The summed E-state index contributed by atoms with van der Waals surface area (Å²) in [6.07, 6.45) is 2.49. The molecular weight excluding hydrogens is 236 g/mol. The number of pyridine rings is 1. The van der Waals surface area contributed by atoms with Gasteiger partial charge in [-0.2, -0.15) is 0 Å². The molecule has 0 bridgehead atoms. The van der Waals surface area contributed by atoms with Gasteiger partial charge in [0.2, 0.25) is 0 Å². The highest BCUT2D eigenvalue weighted by Gasteiger charge is 2.24. The topological polar surface area (TPSA) is 25.4 Å². The molecule has 2 saturated heterocycles. The highest BCUT2D eigenvalue weighted by Crippen LogP contribution is 2.29. The predicted octanol–water partition coefficient (Wildman–Crippen LogP) is 2.91. The summed E-state index contributed by atoms with van der Waals surface area (Å²) in [5.74, 6) is 1.06. The number of hydrogen-bond donors (Lipinski definition) is 0. The van der Waals surface area contributed by atoms with Crippen LogP contribution in [0.5, 0.6) is 0 Å². The first-order chi connectivity index (χ1) is 9.24. The SMILES string of the molecule is CC(C)c1ccc([C@H]2CCOC2)c(CN2CCC2)n1.